The highest BCUT2D eigenvalue weighted by atomic mass is 16.1. The molecule has 2 heteroatoms. The number of benzene rings is 1. The minimum Gasteiger partial charge on any atom is -0.366 e. The molecule has 74 valence electrons. The quantitative estimate of drug-likeness (QED) is 0.725. The summed E-state index contributed by atoms with van der Waals surface area (Å²) in [7, 11) is 0. The highest BCUT2D eigenvalue weighted by Crippen LogP contribution is 2.25. The number of hydrogen-bond donors (Lipinski definition) is 1. The van der Waals surface area contributed by atoms with Crippen LogP contribution < -0.4 is 5.73 Å². The van der Waals surface area contributed by atoms with Crippen LogP contribution in [0.5, 0.6) is 0 Å². The van der Waals surface area contributed by atoms with Crippen LogP contribution in [0, 0.1) is 0 Å². The fourth-order valence-corrected chi connectivity index (χ4v) is 1.54. The molecule has 0 unspecified atom stereocenters. The van der Waals surface area contributed by atoms with Crippen molar-refractivity contribution in [3.63, 3.8) is 0 Å². The maximum atomic E-state index is 11.0. The summed E-state index contributed by atoms with van der Waals surface area (Å²) in [5.41, 5.74) is 6.79. The topological polar surface area (TPSA) is 43.1 Å². The molecule has 1 amide bonds. The Bertz CT molecular complexity index is 329. The van der Waals surface area contributed by atoms with Gasteiger partial charge >= 0.3 is 0 Å². The Kier molecular flexibility index (Phi) is 3.46. The van der Waals surface area contributed by atoms with Gasteiger partial charge in [0.05, 0.1) is 0 Å². The highest BCUT2D eigenvalue weighted by Gasteiger charge is 2.16. The summed E-state index contributed by atoms with van der Waals surface area (Å²) >= 11 is 0. The van der Waals surface area contributed by atoms with Gasteiger partial charge in [-0.15, -0.1) is 0 Å². The first kappa shape index (κ1) is 10.5. The van der Waals surface area contributed by atoms with Crippen molar-refractivity contribution >= 4 is 5.91 Å². The maximum Gasteiger partial charge on any atom is 0.244 e. The molecule has 0 saturated heterocycles. The lowest BCUT2D eigenvalue weighted by Gasteiger charge is -2.15. The predicted octanol–water partition coefficient (Wildman–Crippen LogP) is 2.22. The Balaban J connectivity index is 2.93. The van der Waals surface area contributed by atoms with Gasteiger partial charge in [-0.1, -0.05) is 43.8 Å². The normalized spacial score (nSPS) is 12.1. The molecule has 0 aliphatic rings. The summed E-state index contributed by atoms with van der Waals surface area (Å²) in [5.74, 6) is -0.366. The highest BCUT2D eigenvalue weighted by molar-refractivity contribution is 5.92. The molecular weight excluding hydrogens is 174 g/mol. The molecule has 1 aromatic rings. The van der Waals surface area contributed by atoms with Gasteiger partial charge in [-0.2, -0.15) is 0 Å². The Morgan fingerprint density at radius 1 is 1.43 bits per heavy atom. The zero-order valence-corrected chi connectivity index (χ0v) is 8.36. The molecule has 0 bridgehead atoms. The van der Waals surface area contributed by atoms with E-state index in [1.165, 1.54) is 0 Å². The summed E-state index contributed by atoms with van der Waals surface area (Å²) < 4.78 is 0. The van der Waals surface area contributed by atoms with Gasteiger partial charge in [0.15, 0.2) is 0 Å². The first-order chi connectivity index (χ1) is 6.66. The number of carbonyl (C=O) groups excluding carboxylic acids is 1. The molecule has 1 aromatic carbocycles. The third kappa shape index (κ3) is 2.22. The molecule has 0 aromatic heterocycles. The second-order valence-electron chi connectivity index (χ2n) is 3.26. The third-order valence-electron chi connectivity index (χ3n) is 2.35. The van der Waals surface area contributed by atoms with Gasteiger partial charge in [0.1, 0.15) is 0 Å². The van der Waals surface area contributed by atoms with Crippen molar-refractivity contribution in [3.05, 3.63) is 48.0 Å². The van der Waals surface area contributed by atoms with E-state index in [0.717, 1.165) is 12.0 Å². The van der Waals surface area contributed by atoms with Crippen LogP contribution in [0.15, 0.2) is 42.5 Å². The molecule has 1 rings (SSSR count). The summed E-state index contributed by atoms with van der Waals surface area (Å²) in [6.07, 6.45) is 0.839. The fraction of sp³-hybridized carbons (Fsp3) is 0.250. The number of rotatable bonds is 4. The molecule has 0 saturated carbocycles. The van der Waals surface area contributed by atoms with E-state index in [-0.39, 0.29) is 5.92 Å². The van der Waals surface area contributed by atoms with Crippen LogP contribution in [0.1, 0.15) is 24.8 Å². The van der Waals surface area contributed by atoms with Crippen LogP contribution in [0.25, 0.3) is 0 Å². The van der Waals surface area contributed by atoms with E-state index in [0.29, 0.717) is 5.57 Å². The van der Waals surface area contributed by atoms with E-state index in [9.17, 15) is 4.79 Å². The van der Waals surface area contributed by atoms with Crippen LogP contribution >= 0.6 is 0 Å². The van der Waals surface area contributed by atoms with Crippen molar-refractivity contribution in [2.45, 2.75) is 19.3 Å². The summed E-state index contributed by atoms with van der Waals surface area (Å²) in [5, 5.41) is 0. The molecule has 0 radical (unpaired) electrons. The second-order valence-corrected chi connectivity index (χ2v) is 3.26. The van der Waals surface area contributed by atoms with E-state index >= 15 is 0 Å². The molecule has 14 heavy (non-hydrogen) atoms. The lowest BCUT2D eigenvalue weighted by atomic mass is 9.89. The maximum absolute atomic E-state index is 11.0. The minimum atomic E-state index is -0.416. The number of nitrogens with two attached hydrogens (primary N) is 1. The second kappa shape index (κ2) is 4.61. The SMILES string of the molecule is C=C(C(N)=O)[C@@H](CC)c1ccccc1. The van der Waals surface area contributed by atoms with Crippen LogP contribution in [-0.4, -0.2) is 5.91 Å². The van der Waals surface area contributed by atoms with Crippen LogP contribution in [-0.2, 0) is 4.79 Å². The van der Waals surface area contributed by atoms with Gasteiger partial charge in [-0.25, -0.2) is 0 Å². The molecule has 2 nitrogen and oxygen atoms in total. The van der Waals surface area contributed by atoms with E-state index in [2.05, 4.69) is 6.58 Å². The van der Waals surface area contributed by atoms with Crippen molar-refractivity contribution < 1.29 is 4.79 Å². The van der Waals surface area contributed by atoms with E-state index in [1.807, 2.05) is 37.3 Å². The van der Waals surface area contributed by atoms with Crippen molar-refractivity contribution in [2.75, 3.05) is 0 Å². The Hall–Kier alpha value is -1.57. The number of hydrogen-bond acceptors (Lipinski definition) is 1. The lowest BCUT2D eigenvalue weighted by molar-refractivity contribution is -0.114. The molecule has 0 aliphatic heterocycles. The molecule has 0 heterocycles. The number of amides is 1. The van der Waals surface area contributed by atoms with E-state index in [4.69, 9.17) is 5.73 Å². The van der Waals surface area contributed by atoms with Crippen molar-refractivity contribution in [1.29, 1.82) is 0 Å². The number of primary amides is 1. The van der Waals surface area contributed by atoms with Crippen molar-refractivity contribution in [1.82, 2.24) is 0 Å². The standard InChI is InChI=1S/C12H15NO/c1-3-11(9(2)12(13)14)10-7-5-4-6-8-10/h4-8,11H,2-3H2,1H3,(H2,13,14)/t11-/m1/s1. The zero-order valence-electron chi connectivity index (χ0n) is 8.36. The van der Waals surface area contributed by atoms with E-state index < -0.39 is 5.91 Å². The van der Waals surface area contributed by atoms with Crippen molar-refractivity contribution in [2.24, 2.45) is 5.73 Å². The van der Waals surface area contributed by atoms with Gasteiger partial charge in [0.2, 0.25) is 5.91 Å². The van der Waals surface area contributed by atoms with Crippen LogP contribution in [0.2, 0.25) is 0 Å². The van der Waals surface area contributed by atoms with Gasteiger partial charge < -0.3 is 5.73 Å². The average Bonchev–Trinajstić information content (AvgIpc) is 2.20. The number of carbonyl (C=O) groups is 1. The monoisotopic (exact) mass is 189 g/mol. The fourth-order valence-electron chi connectivity index (χ4n) is 1.54. The smallest absolute Gasteiger partial charge is 0.244 e. The molecular formula is C12H15NO. The van der Waals surface area contributed by atoms with Gasteiger partial charge in [0, 0.05) is 11.5 Å². The summed E-state index contributed by atoms with van der Waals surface area (Å²) in [4.78, 5) is 11.0. The molecule has 0 aliphatic carbocycles. The molecule has 1 atom stereocenters. The molecule has 2 N–H and O–H groups in total. The Morgan fingerprint density at radius 2 is 2.00 bits per heavy atom. The van der Waals surface area contributed by atoms with E-state index in [1.54, 1.807) is 0 Å². The summed E-state index contributed by atoms with van der Waals surface area (Å²) in [6.45, 7) is 5.75. The molecule has 0 fully saturated rings. The van der Waals surface area contributed by atoms with Crippen LogP contribution in [0.3, 0.4) is 0 Å². The first-order valence-electron chi connectivity index (χ1n) is 4.70. The zero-order chi connectivity index (χ0) is 10.6. The Morgan fingerprint density at radius 3 is 2.43 bits per heavy atom. The average molecular weight is 189 g/mol. The first-order valence-corrected chi connectivity index (χ1v) is 4.70. The molecule has 0 spiro atoms. The largest absolute Gasteiger partial charge is 0.366 e. The van der Waals surface area contributed by atoms with Gasteiger partial charge in [-0.05, 0) is 12.0 Å². The lowest BCUT2D eigenvalue weighted by Crippen LogP contribution is -2.18. The summed E-state index contributed by atoms with van der Waals surface area (Å²) in [6, 6.07) is 9.83. The van der Waals surface area contributed by atoms with Crippen molar-refractivity contribution in [3.8, 4) is 0 Å². The minimum absolute atomic E-state index is 0.0497. The Labute approximate surface area is 84.4 Å². The third-order valence-corrected chi connectivity index (χ3v) is 2.35. The van der Waals surface area contributed by atoms with Crippen LogP contribution in [0.4, 0.5) is 0 Å². The van der Waals surface area contributed by atoms with Gasteiger partial charge in [-0.3, -0.25) is 4.79 Å². The predicted molar refractivity (Wildman–Crippen MR) is 57.8 cm³/mol. The van der Waals surface area contributed by atoms with Gasteiger partial charge in [0.25, 0.3) is 0 Å².